The van der Waals surface area contributed by atoms with Crippen LogP contribution in [0.3, 0.4) is 0 Å². The van der Waals surface area contributed by atoms with E-state index in [0.29, 0.717) is 17.5 Å². The zero-order valence-corrected chi connectivity index (χ0v) is 14.0. The molecule has 4 nitrogen and oxygen atoms in total. The number of sulfonamides is 1. The number of hydrogen-bond acceptors (Lipinski definition) is 3. The zero-order chi connectivity index (χ0) is 16.4. The van der Waals surface area contributed by atoms with E-state index in [2.05, 4.69) is 4.72 Å². The van der Waals surface area contributed by atoms with Gasteiger partial charge in [-0.3, -0.25) is 0 Å². The summed E-state index contributed by atoms with van der Waals surface area (Å²) in [5, 5.41) is 10.2. The van der Waals surface area contributed by atoms with Crippen LogP contribution in [0.4, 0.5) is 4.39 Å². The molecule has 0 fully saturated rings. The molecule has 0 saturated carbocycles. The van der Waals surface area contributed by atoms with Crippen molar-refractivity contribution in [1.82, 2.24) is 4.72 Å². The Morgan fingerprint density at radius 1 is 1.29 bits per heavy atom. The molecule has 0 radical (unpaired) electrons. The Hall–Kier alpha value is -0.980. The molecule has 0 saturated heterocycles. The van der Waals surface area contributed by atoms with Gasteiger partial charge in [0.05, 0.1) is 10.5 Å². The van der Waals surface area contributed by atoms with Crippen molar-refractivity contribution in [1.29, 1.82) is 0 Å². The number of aliphatic hydroxyl groups is 1. The number of nitrogens with one attached hydrogen (secondary N) is 1. The van der Waals surface area contributed by atoms with Crippen LogP contribution in [0.25, 0.3) is 0 Å². The Balaban J connectivity index is 2.98. The summed E-state index contributed by atoms with van der Waals surface area (Å²) in [7, 11) is -3.78. The minimum atomic E-state index is -3.78. The molecule has 0 amide bonds. The van der Waals surface area contributed by atoms with E-state index in [-0.39, 0.29) is 17.4 Å². The Bertz CT molecular complexity index is 586. The van der Waals surface area contributed by atoms with E-state index in [1.54, 1.807) is 20.8 Å². The van der Waals surface area contributed by atoms with Gasteiger partial charge in [0.25, 0.3) is 0 Å². The molecule has 0 heterocycles. The monoisotopic (exact) mass is 317 g/mol. The van der Waals surface area contributed by atoms with Crippen LogP contribution in [0, 0.1) is 25.6 Å². The molecule has 0 aromatic heterocycles. The lowest BCUT2D eigenvalue weighted by Crippen LogP contribution is -2.41. The number of hydrogen-bond donors (Lipinski definition) is 2. The molecule has 1 atom stereocenters. The molecule has 0 bridgehead atoms. The Morgan fingerprint density at radius 3 is 2.19 bits per heavy atom. The second-order valence-electron chi connectivity index (χ2n) is 6.29. The lowest BCUT2D eigenvalue weighted by molar-refractivity contribution is 0.0436. The second kappa shape index (κ2) is 6.42. The Kier molecular flexibility index (Phi) is 5.52. The highest BCUT2D eigenvalue weighted by Gasteiger charge is 2.27. The molecule has 0 spiro atoms. The van der Waals surface area contributed by atoms with Crippen LogP contribution >= 0.6 is 0 Å². The van der Waals surface area contributed by atoms with Gasteiger partial charge in [-0.15, -0.1) is 0 Å². The van der Waals surface area contributed by atoms with Crippen molar-refractivity contribution >= 4 is 10.0 Å². The average Bonchev–Trinajstić information content (AvgIpc) is 2.23. The van der Waals surface area contributed by atoms with Gasteiger partial charge in [-0.05, 0) is 56.4 Å². The number of aryl methyl sites for hydroxylation is 2. The van der Waals surface area contributed by atoms with Gasteiger partial charge in [0.1, 0.15) is 5.82 Å². The lowest BCUT2D eigenvalue weighted by atomic mass is 9.95. The first-order valence-corrected chi connectivity index (χ1v) is 8.42. The SMILES string of the molecule is Cc1cc(F)cc(C)c1S(=O)(=O)NCC(C)(O)CC(C)C. The summed E-state index contributed by atoms with van der Waals surface area (Å²) in [6, 6.07) is 2.38. The molecule has 0 aliphatic rings. The molecule has 1 aromatic carbocycles. The minimum Gasteiger partial charge on any atom is -0.389 e. The molecular formula is C15H24FNO3S. The van der Waals surface area contributed by atoms with Crippen LogP contribution < -0.4 is 4.72 Å². The van der Waals surface area contributed by atoms with E-state index < -0.39 is 21.4 Å². The highest BCUT2D eigenvalue weighted by Crippen LogP contribution is 2.22. The van der Waals surface area contributed by atoms with E-state index in [1.807, 2.05) is 13.8 Å². The summed E-state index contributed by atoms with van der Waals surface area (Å²) >= 11 is 0. The van der Waals surface area contributed by atoms with E-state index in [1.165, 1.54) is 12.1 Å². The van der Waals surface area contributed by atoms with Gasteiger partial charge in [0.2, 0.25) is 10.0 Å². The van der Waals surface area contributed by atoms with E-state index in [0.717, 1.165) is 0 Å². The van der Waals surface area contributed by atoms with E-state index in [9.17, 15) is 17.9 Å². The summed E-state index contributed by atoms with van der Waals surface area (Å²) in [6.45, 7) is 8.53. The highest BCUT2D eigenvalue weighted by molar-refractivity contribution is 7.89. The first-order chi connectivity index (χ1) is 9.44. The molecule has 21 heavy (non-hydrogen) atoms. The molecule has 1 aromatic rings. The van der Waals surface area contributed by atoms with Gasteiger partial charge in [-0.25, -0.2) is 17.5 Å². The first kappa shape index (κ1) is 18.1. The third-order valence-electron chi connectivity index (χ3n) is 3.18. The quantitative estimate of drug-likeness (QED) is 0.847. The van der Waals surface area contributed by atoms with Crippen LogP contribution in [-0.4, -0.2) is 25.7 Å². The normalized spacial score (nSPS) is 15.2. The summed E-state index contributed by atoms with van der Waals surface area (Å²) in [5.74, 6) is -0.213. The van der Waals surface area contributed by atoms with Crippen molar-refractivity contribution < 1.29 is 17.9 Å². The summed E-state index contributed by atoms with van der Waals surface area (Å²) in [5.41, 5.74) is -0.421. The molecular weight excluding hydrogens is 293 g/mol. The summed E-state index contributed by atoms with van der Waals surface area (Å²) in [4.78, 5) is 0.0734. The van der Waals surface area contributed by atoms with Crippen LogP contribution in [0.1, 0.15) is 38.3 Å². The largest absolute Gasteiger partial charge is 0.389 e. The van der Waals surface area contributed by atoms with Crippen molar-refractivity contribution in [2.75, 3.05) is 6.54 Å². The van der Waals surface area contributed by atoms with Crippen LogP contribution in [-0.2, 0) is 10.0 Å². The highest BCUT2D eigenvalue weighted by atomic mass is 32.2. The van der Waals surface area contributed by atoms with Crippen molar-refractivity contribution in [3.05, 3.63) is 29.1 Å². The molecule has 6 heteroatoms. The zero-order valence-electron chi connectivity index (χ0n) is 13.2. The van der Waals surface area contributed by atoms with Gasteiger partial charge in [-0.2, -0.15) is 0 Å². The molecule has 120 valence electrons. The predicted molar refractivity (Wildman–Crippen MR) is 81.1 cm³/mol. The van der Waals surface area contributed by atoms with Crippen LogP contribution in [0.5, 0.6) is 0 Å². The number of rotatable bonds is 6. The third-order valence-corrected chi connectivity index (χ3v) is 4.89. The van der Waals surface area contributed by atoms with Gasteiger partial charge in [-0.1, -0.05) is 13.8 Å². The van der Waals surface area contributed by atoms with Gasteiger partial charge in [0, 0.05) is 6.54 Å². The Labute approximate surface area is 126 Å². The van der Waals surface area contributed by atoms with Crippen LogP contribution in [0.2, 0.25) is 0 Å². The summed E-state index contributed by atoms with van der Waals surface area (Å²) in [6.07, 6.45) is 0.483. The minimum absolute atomic E-state index is 0.0734. The van der Waals surface area contributed by atoms with Crippen molar-refractivity contribution in [3.8, 4) is 0 Å². The standard InChI is InChI=1S/C15H24FNO3S/c1-10(2)8-15(5,18)9-17-21(19,20)14-11(3)6-13(16)7-12(14)4/h6-7,10,17-18H,8-9H2,1-5H3. The predicted octanol–water partition coefficient (Wildman–Crippen LogP) is 2.52. The van der Waals surface area contributed by atoms with Crippen LogP contribution in [0.15, 0.2) is 17.0 Å². The molecule has 2 N–H and O–H groups in total. The Morgan fingerprint density at radius 2 is 1.76 bits per heavy atom. The fourth-order valence-electron chi connectivity index (χ4n) is 2.60. The van der Waals surface area contributed by atoms with E-state index >= 15 is 0 Å². The molecule has 1 rings (SSSR count). The van der Waals surface area contributed by atoms with Crippen molar-refractivity contribution in [2.45, 2.75) is 51.5 Å². The molecule has 1 unspecified atom stereocenters. The van der Waals surface area contributed by atoms with Gasteiger partial charge in [0.15, 0.2) is 0 Å². The maximum atomic E-state index is 13.3. The maximum absolute atomic E-state index is 13.3. The number of benzene rings is 1. The molecule has 0 aliphatic heterocycles. The topological polar surface area (TPSA) is 66.4 Å². The second-order valence-corrected chi connectivity index (χ2v) is 7.99. The number of halogens is 1. The fraction of sp³-hybridized carbons (Fsp3) is 0.600. The first-order valence-electron chi connectivity index (χ1n) is 6.93. The van der Waals surface area contributed by atoms with Crippen molar-refractivity contribution in [2.24, 2.45) is 5.92 Å². The van der Waals surface area contributed by atoms with E-state index in [4.69, 9.17) is 0 Å². The lowest BCUT2D eigenvalue weighted by Gasteiger charge is -2.26. The van der Waals surface area contributed by atoms with Crippen molar-refractivity contribution in [3.63, 3.8) is 0 Å². The smallest absolute Gasteiger partial charge is 0.241 e. The maximum Gasteiger partial charge on any atom is 0.241 e. The van der Waals surface area contributed by atoms with Gasteiger partial charge < -0.3 is 5.11 Å². The summed E-state index contributed by atoms with van der Waals surface area (Å²) < 4.78 is 40.4. The fourth-order valence-corrected chi connectivity index (χ4v) is 4.21. The third kappa shape index (κ3) is 5.05. The molecule has 0 aliphatic carbocycles. The van der Waals surface area contributed by atoms with Gasteiger partial charge >= 0.3 is 0 Å². The average molecular weight is 317 g/mol.